The second kappa shape index (κ2) is 2.87. The van der Waals surface area contributed by atoms with E-state index in [1.165, 1.54) is 6.21 Å². The Kier molecular flexibility index (Phi) is 1.89. The molecule has 0 aromatic heterocycles. The molecule has 1 aromatic carbocycles. The largest absolute Gasteiger partial charge is 0.411 e. The van der Waals surface area contributed by atoms with E-state index in [1.54, 1.807) is 12.1 Å². The summed E-state index contributed by atoms with van der Waals surface area (Å²) in [4.78, 5) is 0. The molecule has 0 bridgehead atoms. The number of nitrogens with two attached hydrogens (primary N) is 1. The highest BCUT2D eigenvalue weighted by Crippen LogP contribution is 2.06. The van der Waals surface area contributed by atoms with Crippen molar-refractivity contribution >= 4 is 11.9 Å². The highest BCUT2D eigenvalue weighted by molar-refractivity contribution is 5.86. The van der Waals surface area contributed by atoms with Crippen LogP contribution in [0.4, 0.5) is 5.69 Å². The molecule has 0 spiro atoms. The molecule has 0 heterocycles. The number of para-hydroxylation sites is 1. The van der Waals surface area contributed by atoms with Crippen LogP contribution >= 0.6 is 0 Å². The van der Waals surface area contributed by atoms with Crippen molar-refractivity contribution in [3.05, 3.63) is 29.8 Å². The van der Waals surface area contributed by atoms with E-state index in [-0.39, 0.29) is 0 Å². The first-order valence-electron chi connectivity index (χ1n) is 2.86. The van der Waals surface area contributed by atoms with Crippen LogP contribution in [0.3, 0.4) is 0 Å². The van der Waals surface area contributed by atoms with Gasteiger partial charge in [0, 0.05) is 11.3 Å². The average Bonchev–Trinajstić information content (AvgIpc) is 1.94. The first kappa shape index (κ1) is 6.61. The first-order chi connectivity index (χ1) is 4.84. The van der Waals surface area contributed by atoms with Crippen molar-refractivity contribution in [1.82, 2.24) is 0 Å². The number of hydrogen-bond donors (Lipinski definition) is 2. The molecule has 0 aliphatic carbocycles. The van der Waals surface area contributed by atoms with E-state index in [1.807, 2.05) is 12.1 Å². The van der Waals surface area contributed by atoms with Crippen LogP contribution in [0.5, 0.6) is 0 Å². The Morgan fingerprint density at radius 1 is 1.40 bits per heavy atom. The van der Waals surface area contributed by atoms with Crippen LogP contribution in [0.1, 0.15) is 5.56 Å². The van der Waals surface area contributed by atoms with Gasteiger partial charge in [-0.3, -0.25) is 0 Å². The summed E-state index contributed by atoms with van der Waals surface area (Å²) in [5, 5.41) is 11.0. The summed E-state index contributed by atoms with van der Waals surface area (Å²) in [5.41, 5.74) is 6.84. The summed E-state index contributed by atoms with van der Waals surface area (Å²) in [6.07, 6.45) is 1.30. The lowest BCUT2D eigenvalue weighted by molar-refractivity contribution is 0.322. The second-order valence-corrected chi connectivity index (χ2v) is 1.87. The van der Waals surface area contributed by atoms with Gasteiger partial charge in [0.05, 0.1) is 6.21 Å². The van der Waals surface area contributed by atoms with Crippen LogP contribution in [0.15, 0.2) is 29.4 Å². The van der Waals surface area contributed by atoms with Gasteiger partial charge < -0.3 is 10.9 Å². The minimum Gasteiger partial charge on any atom is -0.411 e. The Balaban J connectivity index is 3.03. The molecule has 10 heavy (non-hydrogen) atoms. The second-order valence-electron chi connectivity index (χ2n) is 1.87. The minimum atomic E-state index is 0.611. The summed E-state index contributed by atoms with van der Waals surface area (Å²) in [7, 11) is 0. The summed E-state index contributed by atoms with van der Waals surface area (Å²) < 4.78 is 0. The van der Waals surface area contributed by atoms with Gasteiger partial charge in [-0.15, -0.1) is 0 Å². The summed E-state index contributed by atoms with van der Waals surface area (Å²) in [5.74, 6) is 0. The number of oxime groups is 1. The van der Waals surface area contributed by atoms with Crippen molar-refractivity contribution in [2.24, 2.45) is 5.16 Å². The Labute approximate surface area is 58.8 Å². The molecule has 0 amide bonds. The van der Waals surface area contributed by atoms with Gasteiger partial charge in [-0.25, -0.2) is 0 Å². The fourth-order valence-electron chi connectivity index (χ4n) is 0.691. The van der Waals surface area contributed by atoms with Crippen molar-refractivity contribution < 1.29 is 5.21 Å². The monoisotopic (exact) mass is 136 g/mol. The standard InChI is InChI=1S/C7H8N2O/c8-7-4-2-1-3-6(7)5-9-10/h1-5,10H,8H2/b9-5+. The van der Waals surface area contributed by atoms with E-state index in [0.29, 0.717) is 5.69 Å². The van der Waals surface area contributed by atoms with Crippen LogP contribution < -0.4 is 5.73 Å². The normalized spacial score (nSPS) is 10.4. The molecule has 0 aliphatic heterocycles. The lowest BCUT2D eigenvalue weighted by Crippen LogP contribution is -1.91. The first-order valence-corrected chi connectivity index (χ1v) is 2.86. The maximum absolute atomic E-state index is 8.16. The van der Waals surface area contributed by atoms with Crippen molar-refractivity contribution in [2.45, 2.75) is 0 Å². The van der Waals surface area contributed by atoms with Gasteiger partial charge in [-0.2, -0.15) is 0 Å². The molecule has 1 rings (SSSR count). The molecule has 0 aliphatic rings. The summed E-state index contributed by atoms with van der Waals surface area (Å²) >= 11 is 0. The molecular weight excluding hydrogens is 128 g/mol. The maximum atomic E-state index is 8.16. The maximum Gasteiger partial charge on any atom is 0.0754 e. The zero-order chi connectivity index (χ0) is 7.40. The highest BCUT2D eigenvalue weighted by atomic mass is 16.4. The third kappa shape index (κ3) is 1.25. The number of hydrogen-bond acceptors (Lipinski definition) is 3. The van der Waals surface area contributed by atoms with Crippen molar-refractivity contribution in [3.8, 4) is 0 Å². The molecular formula is C7H8N2O. The van der Waals surface area contributed by atoms with Crippen molar-refractivity contribution in [3.63, 3.8) is 0 Å². The Morgan fingerprint density at radius 3 is 2.70 bits per heavy atom. The summed E-state index contributed by atoms with van der Waals surface area (Å²) in [6.45, 7) is 0. The Bertz CT molecular complexity index is 245. The predicted molar refractivity (Wildman–Crippen MR) is 40.2 cm³/mol. The number of rotatable bonds is 1. The van der Waals surface area contributed by atoms with E-state index in [2.05, 4.69) is 5.16 Å². The lowest BCUT2D eigenvalue weighted by Gasteiger charge is -1.94. The Morgan fingerprint density at radius 2 is 2.10 bits per heavy atom. The van der Waals surface area contributed by atoms with E-state index >= 15 is 0 Å². The third-order valence-corrected chi connectivity index (χ3v) is 1.19. The van der Waals surface area contributed by atoms with Gasteiger partial charge in [-0.1, -0.05) is 23.4 Å². The van der Waals surface area contributed by atoms with Crippen LogP contribution in [0, 0.1) is 0 Å². The number of nitrogen functional groups attached to an aromatic ring is 1. The summed E-state index contributed by atoms with van der Waals surface area (Å²) in [6, 6.07) is 7.17. The highest BCUT2D eigenvalue weighted by Gasteiger charge is 1.90. The number of nitrogens with zero attached hydrogens (tertiary/aromatic N) is 1. The van der Waals surface area contributed by atoms with Crippen LogP contribution in [0.2, 0.25) is 0 Å². The molecule has 0 saturated heterocycles. The molecule has 3 nitrogen and oxygen atoms in total. The van der Waals surface area contributed by atoms with Crippen molar-refractivity contribution in [2.75, 3.05) is 5.73 Å². The van der Waals surface area contributed by atoms with Gasteiger partial charge in [0.1, 0.15) is 0 Å². The lowest BCUT2D eigenvalue weighted by atomic mass is 10.2. The van der Waals surface area contributed by atoms with Gasteiger partial charge in [0.25, 0.3) is 0 Å². The van der Waals surface area contributed by atoms with Gasteiger partial charge >= 0.3 is 0 Å². The molecule has 0 atom stereocenters. The molecule has 0 saturated carbocycles. The van der Waals surface area contributed by atoms with Crippen LogP contribution in [0.25, 0.3) is 0 Å². The zero-order valence-corrected chi connectivity index (χ0v) is 5.36. The molecule has 0 unspecified atom stereocenters. The van der Waals surface area contributed by atoms with E-state index in [9.17, 15) is 0 Å². The van der Waals surface area contributed by atoms with E-state index in [0.717, 1.165) is 5.56 Å². The molecule has 1 aromatic rings. The average molecular weight is 136 g/mol. The fourth-order valence-corrected chi connectivity index (χ4v) is 0.691. The van der Waals surface area contributed by atoms with Crippen molar-refractivity contribution in [1.29, 1.82) is 0 Å². The van der Waals surface area contributed by atoms with E-state index in [4.69, 9.17) is 10.9 Å². The number of anilines is 1. The predicted octanol–water partition coefficient (Wildman–Crippen LogP) is 1.08. The molecule has 52 valence electrons. The minimum absolute atomic E-state index is 0.611. The molecule has 3 N–H and O–H groups in total. The smallest absolute Gasteiger partial charge is 0.0754 e. The molecule has 0 fully saturated rings. The fraction of sp³-hybridized carbons (Fsp3) is 0. The zero-order valence-electron chi connectivity index (χ0n) is 5.36. The number of benzene rings is 1. The third-order valence-electron chi connectivity index (χ3n) is 1.19. The van der Waals surface area contributed by atoms with Crippen LogP contribution in [-0.2, 0) is 0 Å². The SMILES string of the molecule is Nc1ccccc1/C=N/O. The topological polar surface area (TPSA) is 58.6 Å². The van der Waals surface area contributed by atoms with Gasteiger partial charge in [0.15, 0.2) is 0 Å². The van der Waals surface area contributed by atoms with Gasteiger partial charge in [0.2, 0.25) is 0 Å². The quantitative estimate of drug-likeness (QED) is 0.262. The van der Waals surface area contributed by atoms with Crippen LogP contribution in [-0.4, -0.2) is 11.4 Å². The van der Waals surface area contributed by atoms with Gasteiger partial charge in [-0.05, 0) is 6.07 Å². The molecule has 0 radical (unpaired) electrons. The molecule has 3 heteroatoms. The van der Waals surface area contributed by atoms with E-state index < -0.39 is 0 Å². The Hall–Kier alpha value is -1.51.